The summed E-state index contributed by atoms with van der Waals surface area (Å²) >= 11 is 7.59. The number of aryl methyl sites for hydroxylation is 1. The van der Waals surface area contributed by atoms with Crippen molar-refractivity contribution in [3.63, 3.8) is 0 Å². The lowest BCUT2D eigenvalue weighted by Crippen LogP contribution is -2.23. The summed E-state index contributed by atoms with van der Waals surface area (Å²) in [6.45, 7) is 5.71. The summed E-state index contributed by atoms with van der Waals surface area (Å²) in [6.07, 6.45) is 0. The zero-order chi connectivity index (χ0) is 25.7. The number of amides is 1. The van der Waals surface area contributed by atoms with Crippen LogP contribution in [0.1, 0.15) is 35.6 Å². The minimum absolute atomic E-state index is 0.0205. The fourth-order valence-electron chi connectivity index (χ4n) is 3.46. The van der Waals surface area contributed by atoms with E-state index in [1.165, 1.54) is 18.7 Å². The Kier molecular flexibility index (Phi) is 8.07. The number of hydrogen-bond donors (Lipinski definition) is 2. The van der Waals surface area contributed by atoms with Crippen molar-refractivity contribution in [2.45, 2.75) is 37.7 Å². The molecule has 3 aromatic carbocycles. The third-order valence-electron chi connectivity index (χ3n) is 5.55. The minimum Gasteiger partial charge on any atom is -0.378 e. The van der Waals surface area contributed by atoms with Crippen molar-refractivity contribution in [2.75, 3.05) is 10.6 Å². The van der Waals surface area contributed by atoms with Gasteiger partial charge in [-0.25, -0.2) is 0 Å². The molecule has 0 bridgehead atoms. The summed E-state index contributed by atoms with van der Waals surface area (Å²) in [7, 11) is 0. The molecule has 0 radical (unpaired) electrons. The van der Waals surface area contributed by atoms with Crippen LogP contribution in [0.25, 0.3) is 5.69 Å². The molecule has 0 unspecified atom stereocenters. The van der Waals surface area contributed by atoms with E-state index in [1.54, 1.807) is 24.3 Å². The van der Waals surface area contributed by atoms with Crippen LogP contribution in [0.15, 0.2) is 78.0 Å². The molecule has 4 rings (SSSR count). The SMILES string of the molecule is CC(=O)c1ccc(NC(=O)[C@@H](C)Sc2nnc(CNc3ccc(C)c(Cl)c3)n2-c2ccccc2)cc1. The Morgan fingerprint density at radius 2 is 1.69 bits per heavy atom. The van der Waals surface area contributed by atoms with E-state index in [2.05, 4.69) is 20.8 Å². The van der Waals surface area contributed by atoms with E-state index in [1.807, 2.05) is 66.9 Å². The zero-order valence-corrected chi connectivity index (χ0v) is 21.7. The number of carbonyl (C=O) groups is 2. The normalized spacial score (nSPS) is 11.7. The first-order valence-electron chi connectivity index (χ1n) is 11.4. The van der Waals surface area contributed by atoms with Crippen molar-refractivity contribution in [3.8, 4) is 5.69 Å². The fraction of sp³-hybridized carbons (Fsp3) is 0.185. The Morgan fingerprint density at radius 3 is 2.36 bits per heavy atom. The van der Waals surface area contributed by atoms with Gasteiger partial charge in [-0.05, 0) is 74.9 Å². The number of anilines is 2. The van der Waals surface area contributed by atoms with Crippen molar-refractivity contribution in [2.24, 2.45) is 0 Å². The van der Waals surface area contributed by atoms with Crippen LogP contribution in [0, 0.1) is 6.92 Å². The number of halogens is 1. The molecule has 2 N–H and O–H groups in total. The molecule has 36 heavy (non-hydrogen) atoms. The van der Waals surface area contributed by atoms with E-state index in [-0.39, 0.29) is 11.7 Å². The average molecular weight is 520 g/mol. The molecule has 4 aromatic rings. The van der Waals surface area contributed by atoms with Crippen LogP contribution in [-0.2, 0) is 11.3 Å². The molecule has 0 aliphatic heterocycles. The molecular formula is C27H26ClN5O2S. The molecule has 1 heterocycles. The van der Waals surface area contributed by atoms with Gasteiger partial charge in [0.25, 0.3) is 0 Å². The number of rotatable bonds is 9. The number of nitrogens with one attached hydrogen (secondary N) is 2. The molecule has 9 heteroatoms. The predicted molar refractivity (Wildman–Crippen MR) is 145 cm³/mol. The third-order valence-corrected chi connectivity index (χ3v) is 7.00. The van der Waals surface area contributed by atoms with Crippen LogP contribution in [-0.4, -0.2) is 31.7 Å². The second kappa shape index (κ2) is 11.4. The van der Waals surface area contributed by atoms with Gasteiger partial charge in [-0.2, -0.15) is 0 Å². The van der Waals surface area contributed by atoms with Crippen LogP contribution in [0.4, 0.5) is 11.4 Å². The highest BCUT2D eigenvalue weighted by molar-refractivity contribution is 8.00. The molecule has 1 aromatic heterocycles. The van der Waals surface area contributed by atoms with E-state index in [4.69, 9.17) is 11.6 Å². The first-order chi connectivity index (χ1) is 17.3. The number of Topliss-reactive ketones (excluding diaryl/α,β-unsaturated/α-hetero) is 1. The number of ketones is 1. The highest BCUT2D eigenvalue weighted by Gasteiger charge is 2.21. The lowest BCUT2D eigenvalue weighted by molar-refractivity contribution is -0.115. The van der Waals surface area contributed by atoms with Crippen molar-refractivity contribution in [1.29, 1.82) is 0 Å². The summed E-state index contributed by atoms with van der Waals surface area (Å²) < 4.78 is 1.94. The topological polar surface area (TPSA) is 88.9 Å². The van der Waals surface area contributed by atoms with Crippen LogP contribution in [0.2, 0.25) is 5.02 Å². The lowest BCUT2D eigenvalue weighted by Gasteiger charge is -2.14. The van der Waals surface area contributed by atoms with Crippen molar-refractivity contribution in [1.82, 2.24) is 14.8 Å². The average Bonchev–Trinajstić information content (AvgIpc) is 3.27. The van der Waals surface area contributed by atoms with Gasteiger partial charge in [0.05, 0.1) is 11.8 Å². The molecule has 1 atom stereocenters. The quantitative estimate of drug-likeness (QED) is 0.203. The summed E-state index contributed by atoms with van der Waals surface area (Å²) in [4.78, 5) is 24.4. The van der Waals surface area contributed by atoms with Gasteiger partial charge in [-0.15, -0.1) is 10.2 Å². The Labute approximate surface area is 219 Å². The smallest absolute Gasteiger partial charge is 0.237 e. The number of thioether (sulfide) groups is 1. The summed E-state index contributed by atoms with van der Waals surface area (Å²) in [5.74, 6) is 0.507. The number of nitrogens with zero attached hydrogens (tertiary/aromatic N) is 3. The van der Waals surface area contributed by atoms with Gasteiger partial charge in [-0.1, -0.05) is 47.6 Å². The van der Waals surface area contributed by atoms with Gasteiger partial charge in [0, 0.05) is 27.6 Å². The van der Waals surface area contributed by atoms with Crippen LogP contribution in [0.5, 0.6) is 0 Å². The minimum atomic E-state index is -0.444. The van der Waals surface area contributed by atoms with Gasteiger partial charge in [0.15, 0.2) is 16.8 Å². The molecule has 0 aliphatic rings. The van der Waals surface area contributed by atoms with E-state index < -0.39 is 5.25 Å². The zero-order valence-electron chi connectivity index (χ0n) is 20.2. The van der Waals surface area contributed by atoms with Crippen molar-refractivity contribution < 1.29 is 9.59 Å². The number of aromatic nitrogens is 3. The maximum atomic E-state index is 12.9. The number of benzene rings is 3. The molecule has 0 fully saturated rings. The molecule has 7 nitrogen and oxygen atoms in total. The number of carbonyl (C=O) groups excluding carboxylic acids is 2. The van der Waals surface area contributed by atoms with Crippen LogP contribution in [0.3, 0.4) is 0 Å². The van der Waals surface area contributed by atoms with Gasteiger partial charge < -0.3 is 10.6 Å². The van der Waals surface area contributed by atoms with Crippen molar-refractivity contribution in [3.05, 3.63) is 94.8 Å². The summed E-state index contributed by atoms with van der Waals surface area (Å²) in [6, 6.07) is 22.4. The fourth-order valence-corrected chi connectivity index (χ4v) is 4.52. The predicted octanol–water partition coefficient (Wildman–Crippen LogP) is 6.16. The van der Waals surface area contributed by atoms with E-state index in [0.717, 1.165) is 16.9 Å². The largest absolute Gasteiger partial charge is 0.378 e. The monoisotopic (exact) mass is 519 g/mol. The summed E-state index contributed by atoms with van der Waals surface area (Å²) in [5.41, 5.74) is 4.02. The molecule has 0 aliphatic carbocycles. The van der Waals surface area contributed by atoms with Gasteiger partial charge >= 0.3 is 0 Å². The molecule has 1 amide bonds. The van der Waals surface area contributed by atoms with Gasteiger partial charge in [-0.3, -0.25) is 14.2 Å². The second-order valence-corrected chi connectivity index (χ2v) is 9.99. The molecule has 0 saturated heterocycles. The Bertz CT molecular complexity index is 1370. The highest BCUT2D eigenvalue weighted by atomic mass is 35.5. The first kappa shape index (κ1) is 25.5. The highest BCUT2D eigenvalue weighted by Crippen LogP contribution is 2.27. The van der Waals surface area contributed by atoms with Crippen LogP contribution < -0.4 is 10.6 Å². The maximum absolute atomic E-state index is 12.9. The lowest BCUT2D eigenvalue weighted by atomic mass is 10.1. The molecule has 0 spiro atoms. The van der Waals surface area contributed by atoms with Crippen LogP contribution >= 0.6 is 23.4 Å². The van der Waals surface area contributed by atoms with Crippen molar-refractivity contribution >= 4 is 46.4 Å². The Morgan fingerprint density at radius 1 is 1.00 bits per heavy atom. The van der Waals surface area contributed by atoms with E-state index in [9.17, 15) is 9.59 Å². The van der Waals surface area contributed by atoms with Gasteiger partial charge in [0.2, 0.25) is 5.91 Å². The first-order valence-corrected chi connectivity index (χ1v) is 12.7. The standard InChI is InChI=1S/C27H26ClN5O2S/c1-17-9-12-22(15-24(17)28)29-16-25-31-32-27(33(25)23-7-5-4-6-8-23)36-19(3)26(35)30-21-13-10-20(11-14-21)18(2)34/h4-15,19,29H,16H2,1-3H3,(H,30,35)/t19-/m1/s1. The Hall–Kier alpha value is -3.62. The number of para-hydroxylation sites is 1. The number of hydrogen-bond acceptors (Lipinski definition) is 6. The molecular weight excluding hydrogens is 494 g/mol. The molecule has 0 saturated carbocycles. The Balaban J connectivity index is 1.51. The molecule has 184 valence electrons. The maximum Gasteiger partial charge on any atom is 0.237 e. The second-order valence-electron chi connectivity index (χ2n) is 8.27. The summed E-state index contributed by atoms with van der Waals surface area (Å²) in [5, 5.41) is 15.9. The van der Waals surface area contributed by atoms with E-state index >= 15 is 0 Å². The van der Waals surface area contributed by atoms with E-state index in [0.29, 0.717) is 33.8 Å². The van der Waals surface area contributed by atoms with Gasteiger partial charge in [0.1, 0.15) is 0 Å². The third kappa shape index (κ3) is 6.13.